The van der Waals surface area contributed by atoms with Gasteiger partial charge in [-0.25, -0.2) is 23.2 Å². The summed E-state index contributed by atoms with van der Waals surface area (Å²) in [5.74, 6) is -1.49. The minimum atomic E-state index is -3.13. The zero-order valence-electron chi connectivity index (χ0n) is 11.6. The van der Waals surface area contributed by atoms with Crippen LogP contribution in [0.1, 0.15) is 29.4 Å². The lowest BCUT2D eigenvalue weighted by Crippen LogP contribution is -2.12. The van der Waals surface area contributed by atoms with Crippen molar-refractivity contribution in [2.24, 2.45) is 0 Å². The predicted octanol–water partition coefficient (Wildman–Crippen LogP) is 2.94. The first kappa shape index (κ1) is 16.7. The number of ether oxygens (including phenoxy) is 1. The van der Waals surface area contributed by atoms with E-state index in [9.17, 15) is 23.7 Å². The van der Waals surface area contributed by atoms with Crippen LogP contribution in [0.2, 0.25) is 5.02 Å². The zero-order valence-corrected chi connectivity index (χ0v) is 12.3. The van der Waals surface area contributed by atoms with Crippen molar-refractivity contribution >= 4 is 23.3 Å². The van der Waals surface area contributed by atoms with Gasteiger partial charge in [-0.15, -0.1) is 0 Å². The number of rotatable bonds is 5. The molecule has 0 aliphatic rings. The lowest BCUT2D eigenvalue weighted by molar-refractivity contribution is -0.384. The lowest BCUT2D eigenvalue weighted by atomic mass is 10.2. The van der Waals surface area contributed by atoms with Crippen molar-refractivity contribution in [2.75, 3.05) is 6.61 Å². The van der Waals surface area contributed by atoms with Crippen LogP contribution in [0, 0.1) is 10.1 Å². The molecule has 0 unspecified atom stereocenters. The molecular weight excluding hydrogens is 338 g/mol. The number of hydrogen-bond donors (Lipinski definition) is 0. The summed E-state index contributed by atoms with van der Waals surface area (Å²) < 4.78 is 31.9. The Kier molecular flexibility index (Phi) is 4.84. The topological polar surface area (TPSA) is 100 Å². The maximum atomic E-state index is 13.3. The standard InChI is InChI=1S/C12H9ClF2N4O4/c1-2-23-12(20)7-5-17-18(9(7)10(14)15)11-8(19(21)22)3-6(13)4-16-11/h3-5,10H,2H2,1H3. The maximum Gasteiger partial charge on any atom is 0.341 e. The molecule has 2 aromatic rings. The predicted molar refractivity (Wildman–Crippen MR) is 73.9 cm³/mol. The first-order chi connectivity index (χ1) is 10.9. The van der Waals surface area contributed by atoms with E-state index < -0.39 is 40.1 Å². The molecule has 11 heteroatoms. The highest BCUT2D eigenvalue weighted by Gasteiger charge is 2.30. The van der Waals surface area contributed by atoms with E-state index in [-0.39, 0.29) is 11.6 Å². The Bertz CT molecular complexity index is 766. The molecule has 0 spiro atoms. The molecule has 0 N–H and O–H groups in total. The molecule has 23 heavy (non-hydrogen) atoms. The van der Waals surface area contributed by atoms with Gasteiger partial charge in [0.1, 0.15) is 11.3 Å². The van der Waals surface area contributed by atoms with Gasteiger partial charge in [0.2, 0.25) is 5.82 Å². The molecule has 0 saturated heterocycles. The Morgan fingerprint density at radius 3 is 2.78 bits per heavy atom. The summed E-state index contributed by atoms with van der Waals surface area (Å²) in [7, 11) is 0. The fourth-order valence-electron chi connectivity index (χ4n) is 1.82. The van der Waals surface area contributed by atoms with Crippen LogP contribution in [0.4, 0.5) is 14.5 Å². The van der Waals surface area contributed by atoms with E-state index in [0.29, 0.717) is 4.68 Å². The summed E-state index contributed by atoms with van der Waals surface area (Å²) in [4.78, 5) is 25.6. The van der Waals surface area contributed by atoms with Crippen LogP contribution in [0.25, 0.3) is 5.82 Å². The average Bonchev–Trinajstić information content (AvgIpc) is 2.92. The molecule has 2 aromatic heterocycles. The molecular formula is C12H9ClF2N4O4. The Hall–Kier alpha value is -2.62. The monoisotopic (exact) mass is 346 g/mol. The molecule has 0 aromatic carbocycles. The van der Waals surface area contributed by atoms with Crippen LogP contribution in [-0.4, -0.2) is 32.3 Å². The second kappa shape index (κ2) is 6.65. The highest BCUT2D eigenvalue weighted by molar-refractivity contribution is 6.30. The average molecular weight is 347 g/mol. The fourth-order valence-corrected chi connectivity index (χ4v) is 1.97. The lowest BCUT2D eigenvalue weighted by Gasteiger charge is -2.08. The minimum Gasteiger partial charge on any atom is -0.462 e. The van der Waals surface area contributed by atoms with Gasteiger partial charge in [-0.1, -0.05) is 11.6 Å². The fraction of sp³-hybridized carbons (Fsp3) is 0.250. The first-order valence-corrected chi connectivity index (χ1v) is 6.58. The molecule has 0 aliphatic heterocycles. The van der Waals surface area contributed by atoms with Crippen LogP contribution in [0.5, 0.6) is 0 Å². The SMILES string of the molecule is CCOC(=O)c1cnn(-c2ncc(Cl)cc2[N+](=O)[O-])c1C(F)F. The first-order valence-electron chi connectivity index (χ1n) is 6.20. The van der Waals surface area contributed by atoms with Crippen LogP contribution in [0.3, 0.4) is 0 Å². The van der Waals surface area contributed by atoms with Crippen molar-refractivity contribution in [3.63, 3.8) is 0 Å². The number of nitro groups is 1. The number of carbonyl (C=O) groups is 1. The van der Waals surface area contributed by atoms with Gasteiger partial charge in [0, 0.05) is 12.3 Å². The van der Waals surface area contributed by atoms with E-state index in [4.69, 9.17) is 11.6 Å². The van der Waals surface area contributed by atoms with E-state index in [1.54, 1.807) is 0 Å². The van der Waals surface area contributed by atoms with Crippen LogP contribution in [-0.2, 0) is 4.74 Å². The van der Waals surface area contributed by atoms with Gasteiger partial charge in [0.05, 0.1) is 22.7 Å². The smallest absolute Gasteiger partial charge is 0.341 e. The second-order valence-electron chi connectivity index (χ2n) is 4.13. The van der Waals surface area contributed by atoms with Crippen LogP contribution in [0.15, 0.2) is 18.5 Å². The largest absolute Gasteiger partial charge is 0.462 e. The summed E-state index contributed by atoms with van der Waals surface area (Å²) >= 11 is 5.63. The van der Waals surface area contributed by atoms with E-state index in [1.807, 2.05) is 0 Å². The number of esters is 1. The highest BCUT2D eigenvalue weighted by Crippen LogP contribution is 2.30. The number of pyridine rings is 1. The molecule has 0 radical (unpaired) electrons. The molecule has 0 aliphatic carbocycles. The van der Waals surface area contributed by atoms with E-state index in [1.165, 1.54) is 6.92 Å². The van der Waals surface area contributed by atoms with Gasteiger partial charge in [0.25, 0.3) is 6.43 Å². The van der Waals surface area contributed by atoms with Crippen molar-refractivity contribution in [1.29, 1.82) is 0 Å². The quantitative estimate of drug-likeness (QED) is 0.468. The Labute approximate surface area is 132 Å². The number of alkyl halides is 2. The van der Waals surface area contributed by atoms with Gasteiger partial charge in [0.15, 0.2) is 0 Å². The van der Waals surface area contributed by atoms with Crippen molar-refractivity contribution in [3.8, 4) is 5.82 Å². The highest BCUT2D eigenvalue weighted by atomic mass is 35.5. The Balaban J connectivity index is 2.66. The van der Waals surface area contributed by atoms with E-state index in [2.05, 4.69) is 14.8 Å². The van der Waals surface area contributed by atoms with Crippen molar-refractivity contribution in [2.45, 2.75) is 13.3 Å². The molecule has 0 fully saturated rings. The van der Waals surface area contributed by atoms with Crippen LogP contribution < -0.4 is 0 Å². The Morgan fingerprint density at radius 2 is 2.22 bits per heavy atom. The van der Waals surface area contributed by atoms with E-state index >= 15 is 0 Å². The summed E-state index contributed by atoms with van der Waals surface area (Å²) in [5, 5.41) is 14.6. The summed E-state index contributed by atoms with van der Waals surface area (Å²) in [6.07, 6.45) is -1.24. The van der Waals surface area contributed by atoms with Gasteiger partial charge < -0.3 is 4.74 Å². The molecule has 122 valence electrons. The van der Waals surface area contributed by atoms with Gasteiger partial charge in [-0.05, 0) is 6.92 Å². The number of nitrogens with zero attached hydrogens (tertiary/aromatic N) is 4. The Morgan fingerprint density at radius 1 is 1.52 bits per heavy atom. The third kappa shape index (κ3) is 3.26. The molecule has 2 heterocycles. The molecule has 0 bridgehead atoms. The molecule has 0 saturated carbocycles. The third-order valence-electron chi connectivity index (χ3n) is 2.72. The number of aromatic nitrogens is 3. The number of halogens is 3. The number of hydrogen-bond acceptors (Lipinski definition) is 6. The molecule has 8 nitrogen and oxygen atoms in total. The molecule has 2 rings (SSSR count). The molecule has 0 amide bonds. The summed E-state index contributed by atoms with van der Waals surface area (Å²) in [5.41, 5.74) is -1.97. The second-order valence-corrected chi connectivity index (χ2v) is 4.57. The van der Waals surface area contributed by atoms with Gasteiger partial charge in [-0.2, -0.15) is 5.10 Å². The van der Waals surface area contributed by atoms with Crippen molar-refractivity contribution in [1.82, 2.24) is 14.8 Å². The zero-order chi connectivity index (χ0) is 17.1. The van der Waals surface area contributed by atoms with Gasteiger partial charge >= 0.3 is 11.7 Å². The van der Waals surface area contributed by atoms with E-state index in [0.717, 1.165) is 18.5 Å². The maximum absolute atomic E-state index is 13.3. The van der Waals surface area contributed by atoms with Crippen molar-refractivity contribution < 1.29 is 23.2 Å². The summed E-state index contributed by atoms with van der Waals surface area (Å²) in [6.45, 7) is 1.49. The summed E-state index contributed by atoms with van der Waals surface area (Å²) in [6, 6.07) is 0.949. The normalized spacial score (nSPS) is 10.8. The number of carbonyl (C=O) groups excluding carboxylic acids is 1. The minimum absolute atomic E-state index is 0.0218. The van der Waals surface area contributed by atoms with Crippen LogP contribution >= 0.6 is 11.6 Å². The third-order valence-corrected chi connectivity index (χ3v) is 2.93. The van der Waals surface area contributed by atoms with Crippen molar-refractivity contribution in [3.05, 3.63) is 44.9 Å². The van der Waals surface area contributed by atoms with Gasteiger partial charge in [-0.3, -0.25) is 10.1 Å². The molecule has 0 atom stereocenters.